The molecule has 0 aromatic carbocycles. The lowest BCUT2D eigenvalue weighted by molar-refractivity contribution is 0.207. The van der Waals surface area contributed by atoms with Gasteiger partial charge in [-0.25, -0.2) is 0 Å². The Morgan fingerprint density at radius 3 is 2.20 bits per heavy atom. The van der Waals surface area contributed by atoms with Gasteiger partial charge >= 0.3 is 0 Å². The van der Waals surface area contributed by atoms with Crippen molar-refractivity contribution in [2.24, 2.45) is 5.92 Å². The summed E-state index contributed by atoms with van der Waals surface area (Å²) in [6.45, 7) is 4.75. The first-order chi connectivity index (χ1) is 4.85. The maximum Gasteiger partial charge on any atom is 0.0459 e. The predicted octanol–water partition coefficient (Wildman–Crippen LogP) is 2.59. The summed E-state index contributed by atoms with van der Waals surface area (Å²) in [5.41, 5.74) is 0. The highest BCUT2D eigenvalue weighted by Gasteiger charge is 2.03. The molecule has 0 heterocycles. The van der Waals surface area contributed by atoms with Crippen molar-refractivity contribution in [1.82, 2.24) is 0 Å². The second-order valence-electron chi connectivity index (χ2n) is 2.98. The van der Waals surface area contributed by atoms with Crippen LogP contribution in [0.15, 0.2) is 0 Å². The third-order valence-electron chi connectivity index (χ3n) is 1.92. The van der Waals surface area contributed by atoms with E-state index in [4.69, 9.17) is 5.11 Å². The highest BCUT2D eigenvalue weighted by Crippen LogP contribution is 2.13. The van der Waals surface area contributed by atoms with E-state index in [0.717, 1.165) is 0 Å². The van der Waals surface area contributed by atoms with Gasteiger partial charge in [0, 0.05) is 6.61 Å². The largest absolute Gasteiger partial charge is 0.396 e. The Bertz CT molecular complexity index is 61.7. The molecule has 1 heteroatoms. The maximum atomic E-state index is 8.88. The molecule has 0 fully saturated rings. The summed E-state index contributed by atoms with van der Waals surface area (Å²) in [4.78, 5) is 0. The molecule has 0 amide bonds. The van der Waals surface area contributed by atoms with Gasteiger partial charge in [-0.2, -0.15) is 0 Å². The molecule has 0 saturated carbocycles. The van der Waals surface area contributed by atoms with E-state index in [9.17, 15) is 0 Å². The Hall–Kier alpha value is -0.0400. The van der Waals surface area contributed by atoms with Crippen molar-refractivity contribution in [3.63, 3.8) is 0 Å². The molecule has 1 atom stereocenters. The normalized spacial score (nSPS) is 13.5. The van der Waals surface area contributed by atoms with E-state index in [1.165, 1.54) is 32.1 Å². The van der Waals surface area contributed by atoms with Crippen LogP contribution in [-0.2, 0) is 0 Å². The fourth-order valence-corrected chi connectivity index (χ4v) is 1.23. The Morgan fingerprint density at radius 1 is 1.10 bits per heavy atom. The van der Waals surface area contributed by atoms with Gasteiger partial charge in [0.05, 0.1) is 0 Å². The molecule has 0 aliphatic carbocycles. The van der Waals surface area contributed by atoms with Crippen LogP contribution in [0, 0.1) is 5.92 Å². The number of hydrogen-bond acceptors (Lipinski definition) is 1. The van der Waals surface area contributed by atoms with Crippen LogP contribution in [0.4, 0.5) is 0 Å². The van der Waals surface area contributed by atoms with Crippen LogP contribution in [0.1, 0.15) is 46.0 Å². The van der Waals surface area contributed by atoms with E-state index in [0.29, 0.717) is 12.5 Å². The van der Waals surface area contributed by atoms with E-state index in [1.807, 2.05) is 0 Å². The highest BCUT2D eigenvalue weighted by molar-refractivity contribution is 4.55. The zero-order valence-corrected chi connectivity index (χ0v) is 7.27. The van der Waals surface area contributed by atoms with Gasteiger partial charge in [-0.1, -0.05) is 33.1 Å². The van der Waals surface area contributed by atoms with Crippen molar-refractivity contribution in [2.45, 2.75) is 46.0 Å². The Morgan fingerprint density at radius 2 is 1.80 bits per heavy atom. The third kappa shape index (κ3) is 4.80. The number of aliphatic hydroxyl groups excluding tert-OH is 1. The van der Waals surface area contributed by atoms with Crippen molar-refractivity contribution in [3.05, 3.63) is 0 Å². The molecule has 1 nitrogen and oxygen atoms in total. The molecular formula is C9H20O. The van der Waals surface area contributed by atoms with Gasteiger partial charge in [-0.15, -0.1) is 0 Å². The van der Waals surface area contributed by atoms with E-state index < -0.39 is 0 Å². The number of aliphatic hydroxyl groups is 1. The van der Waals surface area contributed by atoms with Crippen molar-refractivity contribution >= 4 is 0 Å². The Balaban J connectivity index is 3.21. The van der Waals surface area contributed by atoms with E-state index in [2.05, 4.69) is 13.8 Å². The van der Waals surface area contributed by atoms with Crippen molar-refractivity contribution in [3.8, 4) is 0 Å². The minimum absolute atomic E-state index is 0.383. The molecule has 0 bridgehead atoms. The van der Waals surface area contributed by atoms with Crippen molar-refractivity contribution in [1.29, 1.82) is 0 Å². The summed E-state index contributed by atoms with van der Waals surface area (Å²) >= 11 is 0. The fourth-order valence-electron chi connectivity index (χ4n) is 1.23. The van der Waals surface area contributed by atoms with Crippen LogP contribution < -0.4 is 0 Å². The van der Waals surface area contributed by atoms with Crippen LogP contribution in [0.25, 0.3) is 0 Å². The summed E-state index contributed by atoms with van der Waals surface area (Å²) in [7, 11) is 0. The minimum atomic E-state index is 0.383. The van der Waals surface area contributed by atoms with Gasteiger partial charge in [0.25, 0.3) is 0 Å². The van der Waals surface area contributed by atoms with Crippen molar-refractivity contribution < 1.29 is 5.11 Å². The van der Waals surface area contributed by atoms with E-state index in [1.54, 1.807) is 0 Å². The van der Waals surface area contributed by atoms with Gasteiger partial charge in [-0.05, 0) is 18.8 Å². The topological polar surface area (TPSA) is 20.2 Å². The molecule has 0 aromatic rings. The molecular weight excluding hydrogens is 124 g/mol. The molecule has 10 heavy (non-hydrogen) atoms. The number of unbranched alkanes of at least 4 members (excludes halogenated alkanes) is 1. The van der Waals surface area contributed by atoms with Gasteiger partial charge in [-0.3, -0.25) is 0 Å². The smallest absolute Gasteiger partial charge is 0.0459 e. The second-order valence-corrected chi connectivity index (χ2v) is 2.98. The van der Waals surface area contributed by atoms with Crippen LogP contribution in [-0.4, -0.2) is 11.7 Å². The summed E-state index contributed by atoms with van der Waals surface area (Å²) in [5, 5.41) is 8.88. The van der Waals surface area contributed by atoms with Crippen LogP contribution in [0.5, 0.6) is 0 Å². The summed E-state index contributed by atoms with van der Waals surface area (Å²) in [5.74, 6) is 0.574. The van der Waals surface area contributed by atoms with Gasteiger partial charge in [0.1, 0.15) is 0 Å². The lowest BCUT2D eigenvalue weighted by atomic mass is 9.98. The molecule has 62 valence electrons. The van der Waals surface area contributed by atoms with Crippen LogP contribution >= 0.6 is 0 Å². The van der Waals surface area contributed by atoms with E-state index >= 15 is 0 Å². The Labute approximate surface area is 64.5 Å². The third-order valence-corrected chi connectivity index (χ3v) is 1.92. The monoisotopic (exact) mass is 144 g/mol. The quantitative estimate of drug-likeness (QED) is 0.607. The van der Waals surface area contributed by atoms with Crippen LogP contribution in [0.3, 0.4) is 0 Å². The van der Waals surface area contributed by atoms with Gasteiger partial charge in [0.15, 0.2) is 0 Å². The maximum absolute atomic E-state index is 8.88. The lowest BCUT2D eigenvalue weighted by Gasteiger charge is -2.10. The first-order valence-corrected chi connectivity index (χ1v) is 4.46. The average molecular weight is 144 g/mol. The standard InChI is InChI=1S/C9H20O/c1-3-5-7-9(8-10)6-4-2/h9-10H,3-8H2,1-2H3/t9-/m0/s1. The molecule has 1 N–H and O–H groups in total. The lowest BCUT2D eigenvalue weighted by Crippen LogP contribution is -2.04. The molecule has 0 rings (SSSR count). The first kappa shape index (κ1) is 9.96. The Kier molecular flexibility index (Phi) is 7.04. The first-order valence-electron chi connectivity index (χ1n) is 4.46. The highest BCUT2D eigenvalue weighted by atomic mass is 16.3. The van der Waals surface area contributed by atoms with E-state index in [-0.39, 0.29) is 0 Å². The molecule has 0 spiro atoms. The van der Waals surface area contributed by atoms with Gasteiger partial charge < -0.3 is 5.11 Å². The molecule has 0 aliphatic heterocycles. The zero-order valence-electron chi connectivity index (χ0n) is 7.27. The SMILES string of the molecule is CCCC[C@@H](CO)CCC. The summed E-state index contributed by atoms with van der Waals surface area (Å²) < 4.78 is 0. The summed E-state index contributed by atoms with van der Waals surface area (Å²) in [6.07, 6.45) is 6.12. The molecule has 0 radical (unpaired) electrons. The van der Waals surface area contributed by atoms with Gasteiger partial charge in [0.2, 0.25) is 0 Å². The molecule has 0 unspecified atom stereocenters. The minimum Gasteiger partial charge on any atom is -0.396 e. The molecule has 0 aliphatic rings. The summed E-state index contributed by atoms with van der Waals surface area (Å²) in [6, 6.07) is 0. The zero-order chi connectivity index (χ0) is 7.82. The number of rotatable bonds is 6. The fraction of sp³-hybridized carbons (Fsp3) is 1.00. The predicted molar refractivity (Wildman–Crippen MR) is 45.0 cm³/mol. The molecule has 0 saturated heterocycles. The average Bonchev–Trinajstić information content (AvgIpc) is 1.98. The van der Waals surface area contributed by atoms with Crippen molar-refractivity contribution in [2.75, 3.05) is 6.61 Å². The number of hydrogen-bond donors (Lipinski definition) is 1. The van der Waals surface area contributed by atoms with Crippen LogP contribution in [0.2, 0.25) is 0 Å². The second kappa shape index (κ2) is 7.07. The molecule has 0 aromatic heterocycles.